The Hall–Kier alpha value is -0.220. The third-order valence-electron chi connectivity index (χ3n) is 2.89. The van der Waals surface area contributed by atoms with Gasteiger partial charge >= 0.3 is 0 Å². The molecule has 1 rings (SSSR count). The van der Waals surface area contributed by atoms with E-state index in [0.29, 0.717) is 18.4 Å². The lowest BCUT2D eigenvalue weighted by Gasteiger charge is -2.34. The molecule has 0 aliphatic carbocycles. The van der Waals surface area contributed by atoms with Gasteiger partial charge in [0.15, 0.2) is 0 Å². The number of thioether (sulfide) groups is 1. The number of hydrogen-bond donors (Lipinski definition) is 1. The number of amides is 1. The minimum Gasteiger partial charge on any atom is -0.339 e. The summed E-state index contributed by atoms with van der Waals surface area (Å²) in [7, 11) is 0. The Morgan fingerprint density at radius 2 is 2.40 bits per heavy atom. The van der Waals surface area contributed by atoms with E-state index in [0.717, 1.165) is 31.8 Å². The molecule has 0 saturated carbocycles. The second-order valence-electron chi connectivity index (χ2n) is 3.92. The van der Waals surface area contributed by atoms with Crippen LogP contribution in [0.2, 0.25) is 0 Å². The highest BCUT2D eigenvalue weighted by Crippen LogP contribution is 2.12. The second-order valence-corrected chi connectivity index (χ2v) is 4.91. The van der Waals surface area contributed by atoms with Gasteiger partial charge < -0.3 is 10.2 Å². The first kappa shape index (κ1) is 12.8. The third kappa shape index (κ3) is 4.03. The molecule has 1 aliphatic rings. The smallest absolute Gasteiger partial charge is 0.223 e. The van der Waals surface area contributed by atoms with E-state index in [1.54, 1.807) is 11.8 Å². The lowest BCUT2D eigenvalue weighted by molar-refractivity contribution is -0.133. The molecule has 1 heterocycles. The fourth-order valence-electron chi connectivity index (χ4n) is 2.07. The highest BCUT2D eigenvalue weighted by molar-refractivity contribution is 7.98. The van der Waals surface area contributed by atoms with Crippen LogP contribution >= 0.6 is 11.8 Å². The van der Waals surface area contributed by atoms with Crippen LogP contribution in [0.1, 0.15) is 26.2 Å². The first-order valence-electron chi connectivity index (χ1n) is 5.78. The zero-order valence-electron chi connectivity index (χ0n) is 9.79. The molecule has 0 aromatic carbocycles. The maximum Gasteiger partial charge on any atom is 0.223 e. The van der Waals surface area contributed by atoms with Crippen LogP contribution in [0.4, 0.5) is 0 Å². The molecule has 3 nitrogen and oxygen atoms in total. The summed E-state index contributed by atoms with van der Waals surface area (Å²) in [5, 5.41) is 3.36. The number of carbonyl (C=O) groups excluding carboxylic acids is 1. The average molecular weight is 230 g/mol. The third-order valence-corrected chi connectivity index (χ3v) is 3.51. The number of carbonyl (C=O) groups is 1. The van der Waals surface area contributed by atoms with Gasteiger partial charge in [-0.1, -0.05) is 0 Å². The van der Waals surface area contributed by atoms with Gasteiger partial charge in [0.2, 0.25) is 5.91 Å². The van der Waals surface area contributed by atoms with Gasteiger partial charge in [-0.15, -0.1) is 0 Å². The fourth-order valence-corrected chi connectivity index (χ4v) is 2.45. The molecule has 0 aromatic heterocycles. The summed E-state index contributed by atoms with van der Waals surface area (Å²) in [5.74, 6) is 1.26. The van der Waals surface area contributed by atoms with E-state index in [1.165, 1.54) is 6.42 Å². The summed E-state index contributed by atoms with van der Waals surface area (Å²) in [4.78, 5) is 14.0. The van der Waals surface area contributed by atoms with Crippen LogP contribution in [-0.4, -0.2) is 48.5 Å². The van der Waals surface area contributed by atoms with Gasteiger partial charge in [-0.2, -0.15) is 11.8 Å². The SMILES string of the molecule is CCN(C(=O)CCSC)C1CCCNC1. The van der Waals surface area contributed by atoms with Gasteiger partial charge in [-0.3, -0.25) is 4.79 Å². The molecule has 88 valence electrons. The second kappa shape index (κ2) is 7.12. The number of nitrogens with one attached hydrogen (secondary N) is 1. The summed E-state index contributed by atoms with van der Waals surface area (Å²) >= 11 is 1.74. The molecule has 1 atom stereocenters. The van der Waals surface area contributed by atoms with Crippen LogP contribution < -0.4 is 5.32 Å². The van der Waals surface area contributed by atoms with E-state index in [9.17, 15) is 4.79 Å². The Morgan fingerprint density at radius 1 is 1.60 bits per heavy atom. The van der Waals surface area contributed by atoms with Crippen molar-refractivity contribution in [1.29, 1.82) is 0 Å². The van der Waals surface area contributed by atoms with Crippen LogP contribution in [0.15, 0.2) is 0 Å². The van der Waals surface area contributed by atoms with Crippen LogP contribution in [-0.2, 0) is 4.79 Å². The molecule has 1 saturated heterocycles. The van der Waals surface area contributed by atoms with Crippen molar-refractivity contribution in [3.05, 3.63) is 0 Å². The molecule has 0 aromatic rings. The quantitative estimate of drug-likeness (QED) is 0.773. The van der Waals surface area contributed by atoms with E-state index >= 15 is 0 Å². The molecule has 0 spiro atoms. The minimum absolute atomic E-state index is 0.320. The number of piperidine rings is 1. The summed E-state index contributed by atoms with van der Waals surface area (Å²) in [6.07, 6.45) is 5.08. The van der Waals surface area contributed by atoms with Crippen molar-refractivity contribution in [3.63, 3.8) is 0 Å². The van der Waals surface area contributed by atoms with Crippen LogP contribution in [0.5, 0.6) is 0 Å². The normalized spacial score (nSPS) is 21.3. The number of hydrogen-bond acceptors (Lipinski definition) is 3. The van der Waals surface area contributed by atoms with Crippen molar-refractivity contribution in [2.45, 2.75) is 32.2 Å². The topological polar surface area (TPSA) is 32.3 Å². The van der Waals surface area contributed by atoms with E-state index in [2.05, 4.69) is 12.2 Å². The standard InChI is InChI=1S/C11H22N2OS/c1-3-13(11(14)6-8-15-2)10-5-4-7-12-9-10/h10,12H,3-9H2,1-2H3. The molecule has 1 N–H and O–H groups in total. The van der Waals surface area contributed by atoms with E-state index < -0.39 is 0 Å². The zero-order valence-corrected chi connectivity index (χ0v) is 10.6. The average Bonchev–Trinajstić information content (AvgIpc) is 2.29. The predicted molar refractivity (Wildman–Crippen MR) is 66.3 cm³/mol. The fraction of sp³-hybridized carbons (Fsp3) is 0.909. The summed E-state index contributed by atoms with van der Waals surface area (Å²) < 4.78 is 0. The van der Waals surface area contributed by atoms with Gasteiger partial charge in [0.1, 0.15) is 0 Å². The van der Waals surface area contributed by atoms with E-state index in [4.69, 9.17) is 0 Å². The summed E-state index contributed by atoms with van der Waals surface area (Å²) in [6.45, 7) is 5.00. The Bertz CT molecular complexity index is 193. The first-order valence-corrected chi connectivity index (χ1v) is 7.18. The van der Waals surface area contributed by atoms with Gasteiger partial charge in [-0.25, -0.2) is 0 Å². The molecule has 1 fully saturated rings. The largest absolute Gasteiger partial charge is 0.339 e. The van der Waals surface area contributed by atoms with Crippen molar-refractivity contribution >= 4 is 17.7 Å². The van der Waals surface area contributed by atoms with Crippen molar-refractivity contribution < 1.29 is 4.79 Å². The monoisotopic (exact) mass is 230 g/mol. The number of likely N-dealkylation sites (N-methyl/N-ethyl adjacent to an activating group) is 1. The highest BCUT2D eigenvalue weighted by atomic mass is 32.2. The van der Waals surface area contributed by atoms with Gasteiger partial charge in [-0.05, 0) is 32.6 Å². The molecular formula is C11H22N2OS. The number of nitrogens with zero attached hydrogens (tertiary/aromatic N) is 1. The van der Waals surface area contributed by atoms with Crippen molar-refractivity contribution in [1.82, 2.24) is 10.2 Å². The highest BCUT2D eigenvalue weighted by Gasteiger charge is 2.23. The summed E-state index contributed by atoms with van der Waals surface area (Å²) in [5.41, 5.74) is 0. The molecule has 15 heavy (non-hydrogen) atoms. The first-order chi connectivity index (χ1) is 7.29. The molecule has 0 bridgehead atoms. The Kier molecular flexibility index (Phi) is 6.10. The van der Waals surface area contributed by atoms with Crippen molar-refractivity contribution in [2.75, 3.05) is 31.6 Å². The minimum atomic E-state index is 0.320. The molecule has 1 amide bonds. The van der Waals surface area contributed by atoms with Crippen LogP contribution in [0, 0.1) is 0 Å². The maximum absolute atomic E-state index is 11.9. The van der Waals surface area contributed by atoms with Crippen LogP contribution in [0.3, 0.4) is 0 Å². The predicted octanol–water partition coefficient (Wildman–Crippen LogP) is 1.34. The Labute approximate surface area is 97.0 Å². The van der Waals surface area contributed by atoms with Crippen molar-refractivity contribution in [3.8, 4) is 0 Å². The van der Waals surface area contributed by atoms with Gasteiger partial charge in [0.05, 0.1) is 0 Å². The van der Waals surface area contributed by atoms with Gasteiger partial charge in [0.25, 0.3) is 0 Å². The Morgan fingerprint density at radius 3 is 2.93 bits per heavy atom. The van der Waals surface area contributed by atoms with Gasteiger partial charge in [0, 0.05) is 31.3 Å². The maximum atomic E-state index is 11.9. The number of rotatable bonds is 5. The Balaban J connectivity index is 2.41. The lowest BCUT2D eigenvalue weighted by Crippen LogP contribution is -2.48. The van der Waals surface area contributed by atoms with E-state index in [1.807, 2.05) is 11.2 Å². The molecule has 0 radical (unpaired) electrons. The lowest BCUT2D eigenvalue weighted by atomic mass is 10.1. The molecule has 4 heteroatoms. The molecular weight excluding hydrogens is 208 g/mol. The zero-order chi connectivity index (χ0) is 11.1. The molecule has 1 unspecified atom stereocenters. The van der Waals surface area contributed by atoms with E-state index in [-0.39, 0.29) is 0 Å². The summed E-state index contributed by atoms with van der Waals surface area (Å²) in [6, 6.07) is 0.429. The van der Waals surface area contributed by atoms with Crippen LogP contribution in [0.25, 0.3) is 0 Å². The molecule has 1 aliphatic heterocycles. The van der Waals surface area contributed by atoms with Crippen molar-refractivity contribution in [2.24, 2.45) is 0 Å².